The summed E-state index contributed by atoms with van der Waals surface area (Å²) in [5, 5.41) is 0. The molecule has 6 heteroatoms. The van der Waals surface area contributed by atoms with Crippen molar-refractivity contribution in [2.24, 2.45) is 0 Å². The molecule has 0 aromatic heterocycles. The van der Waals surface area contributed by atoms with Crippen molar-refractivity contribution in [3.8, 4) is 0 Å². The minimum Gasteiger partial charge on any atom is -0.726 e. The Hall–Kier alpha value is 1.51. The van der Waals surface area contributed by atoms with Crippen LogP contribution in [0.5, 0.6) is 0 Å². The van der Waals surface area contributed by atoms with Crippen molar-refractivity contribution in [3.63, 3.8) is 0 Å². The van der Waals surface area contributed by atoms with E-state index in [0.29, 0.717) is 6.42 Å². The van der Waals surface area contributed by atoms with Gasteiger partial charge in [-0.2, -0.15) is 0 Å². The van der Waals surface area contributed by atoms with Crippen molar-refractivity contribution >= 4 is 10.4 Å². The molecule has 0 aliphatic heterocycles. The van der Waals surface area contributed by atoms with Gasteiger partial charge in [0.25, 0.3) is 0 Å². The van der Waals surface area contributed by atoms with Crippen LogP contribution in [0.25, 0.3) is 0 Å². The smallest absolute Gasteiger partial charge is 0.726 e. The molecule has 80 valence electrons. The molecule has 0 saturated heterocycles. The van der Waals surface area contributed by atoms with Crippen molar-refractivity contribution in [1.82, 2.24) is 0 Å². The first kappa shape index (κ1) is 17.9. The van der Waals surface area contributed by atoms with Crippen LogP contribution in [0.15, 0.2) is 0 Å². The number of unbranched alkanes of at least 4 members (excludes halogenated alkanes) is 3. The Kier molecular flexibility index (Phi) is 12.4. The Labute approximate surface area is 129 Å². The summed E-state index contributed by atoms with van der Waals surface area (Å²) in [6.07, 6.45) is 4.38. The largest absolute Gasteiger partial charge is 1.00 e. The van der Waals surface area contributed by atoms with Crippen molar-refractivity contribution in [2.45, 2.75) is 52.1 Å². The summed E-state index contributed by atoms with van der Waals surface area (Å²) in [4.78, 5) is 0. The van der Waals surface area contributed by atoms with Crippen LogP contribution < -0.4 is 51.4 Å². The van der Waals surface area contributed by atoms with Crippen LogP contribution in [-0.2, 0) is 14.6 Å². The molecular formula is C8H17KO4S. The summed E-state index contributed by atoms with van der Waals surface area (Å²) < 4.78 is 34.7. The van der Waals surface area contributed by atoms with Gasteiger partial charge < -0.3 is 4.55 Å². The molecule has 0 aliphatic rings. The summed E-state index contributed by atoms with van der Waals surface area (Å²) in [6, 6.07) is 0. The van der Waals surface area contributed by atoms with Gasteiger partial charge in [-0.05, 0) is 13.3 Å². The second-order valence-corrected chi connectivity index (χ2v) is 4.17. The first-order chi connectivity index (χ1) is 5.95. The zero-order chi connectivity index (χ0) is 10.3. The monoisotopic (exact) mass is 248 g/mol. The minimum atomic E-state index is -4.52. The SMILES string of the molecule is CCCCCCC(C)OS(=O)(=O)[O-].[K+]. The van der Waals surface area contributed by atoms with Gasteiger partial charge in [0.15, 0.2) is 0 Å². The molecule has 0 amide bonds. The van der Waals surface area contributed by atoms with E-state index in [1.165, 1.54) is 0 Å². The van der Waals surface area contributed by atoms with Crippen LogP contribution in [0, 0.1) is 0 Å². The van der Waals surface area contributed by atoms with E-state index in [1.807, 2.05) is 0 Å². The second kappa shape index (κ2) is 9.71. The zero-order valence-corrected chi connectivity index (χ0v) is 13.1. The predicted molar refractivity (Wildman–Crippen MR) is 49.0 cm³/mol. The van der Waals surface area contributed by atoms with Gasteiger partial charge in [-0.25, -0.2) is 8.42 Å². The average molecular weight is 248 g/mol. The summed E-state index contributed by atoms with van der Waals surface area (Å²) >= 11 is 0. The molecular weight excluding hydrogens is 231 g/mol. The van der Waals surface area contributed by atoms with E-state index in [4.69, 9.17) is 0 Å². The van der Waals surface area contributed by atoms with E-state index in [-0.39, 0.29) is 51.4 Å². The van der Waals surface area contributed by atoms with Crippen molar-refractivity contribution in [3.05, 3.63) is 0 Å². The molecule has 0 spiro atoms. The topological polar surface area (TPSA) is 66.4 Å². The fourth-order valence-corrected chi connectivity index (χ4v) is 1.61. The van der Waals surface area contributed by atoms with Crippen LogP contribution in [0.3, 0.4) is 0 Å². The van der Waals surface area contributed by atoms with Gasteiger partial charge in [-0.15, -0.1) is 0 Å². The Balaban J connectivity index is 0. The van der Waals surface area contributed by atoms with Gasteiger partial charge in [-0.3, -0.25) is 4.18 Å². The molecule has 0 radical (unpaired) electrons. The fourth-order valence-electron chi connectivity index (χ4n) is 1.11. The van der Waals surface area contributed by atoms with E-state index < -0.39 is 16.5 Å². The first-order valence-corrected chi connectivity index (χ1v) is 5.93. The van der Waals surface area contributed by atoms with Crippen LogP contribution in [0.4, 0.5) is 0 Å². The molecule has 0 aromatic rings. The first-order valence-electron chi connectivity index (χ1n) is 4.60. The molecule has 0 fully saturated rings. The molecule has 0 saturated carbocycles. The maximum Gasteiger partial charge on any atom is 1.00 e. The zero-order valence-electron chi connectivity index (χ0n) is 9.15. The van der Waals surface area contributed by atoms with Crippen molar-refractivity contribution < 1.29 is 68.5 Å². The third-order valence-electron chi connectivity index (χ3n) is 1.75. The fraction of sp³-hybridized carbons (Fsp3) is 1.00. The van der Waals surface area contributed by atoms with Crippen LogP contribution >= 0.6 is 0 Å². The van der Waals surface area contributed by atoms with Crippen LogP contribution in [0.2, 0.25) is 0 Å². The normalized spacial score (nSPS) is 13.4. The quantitative estimate of drug-likeness (QED) is 0.246. The van der Waals surface area contributed by atoms with Gasteiger partial charge in [0.2, 0.25) is 10.4 Å². The van der Waals surface area contributed by atoms with Gasteiger partial charge in [0.1, 0.15) is 0 Å². The number of hydrogen-bond donors (Lipinski definition) is 0. The van der Waals surface area contributed by atoms with Crippen LogP contribution in [-0.4, -0.2) is 19.1 Å². The van der Waals surface area contributed by atoms with E-state index in [0.717, 1.165) is 25.7 Å². The molecule has 0 rings (SSSR count). The van der Waals surface area contributed by atoms with E-state index in [9.17, 15) is 13.0 Å². The summed E-state index contributed by atoms with van der Waals surface area (Å²) in [6.45, 7) is 3.70. The maximum atomic E-state index is 10.2. The Morgan fingerprint density at radius 2 is 1.86 bits per heavy atom. The third kappa shape index (κ3) is 13.5. The average Bonchev–Trinajstić information content (AvgIpc) is 1.94. The van der Waals surface area contributed by atoms with E-state index >= 15 is 0 Å². The molecule has 0 bridgehead atoms. The molecule has 4 nitrogen and oxygen atoms in total. The standard InChI is InChI=1S/C8H18O4S.K/c1-3-4-5-6-7-8(2)12-13(9,10)11;/h8H,3-7H2,1-2H3,(H,9,10,11);/q;+1/p-1. The van der Waals surface area contributed by atoms with Crippen molar-refractivity contribution in [1.29, 1.82) is 0 Å². The van der Waals surface area contributed by atoms with E-state index in [1.54, 1.807) is 6.92 Å². The van der Waals surface area contributed by atoms with Gasteiger partial charge >= 0.3 is 51.4 Å². The van der Waals surface area contributed by atoms with E-state index in [2.05, 4.69) is 11.1 Å². The predicted octanol–water partition coefficient (Wildman–Crippen LogP) is -1.17. The summed E-state index contributed by atoms with van der Waals surface area (Å²) in [5.74, 6) is 0. The number of rotatable bonds is 7. The molecule has 1 atom stereocenters. The Bertz CT molecular complexity index is 215. The third-order valence-corrected chi connectivity index (χ3v) is 2.31. The molecule has 14 heavy (non-hydrogen) atoms. The minimum absolute atomic E-state index is 0. The maximum absolute atomic E-state index is 10.2. The van der Waals surface area contributed by atoms with Gasteiger partial charge in [0, 0.05) is 0 Å². The summed E-state index contributed by atoms with van der Waals surface area (Å²) in [7, 11) is -4.52. The molecule has 0 N–H and O–H groups in total. The van der Waals surface area contributed by atoms with Crippen molar-refractivity contribution in [2.75, 3.05) is 0 Å². The number of hydrogen-bond acceptors (Lipinski definition) is 4. The van der Waals surface area contributed by atoms with Crippen LogP contribution in [0.1, 0.15) is 46.0 Å². The Morgan fingerprint density at radius 1 is 1.29 bits per heavy atom. The summed E-state index contributed by atoms with van der Waals surface area (Å²) in [5.41, 5.74) is 0. The molecule has 1 unspecified atom stereocenters. The van der Waals surface area contributed by atoms with Gasteiger partial charge in [0.05, 0.1) is 6.10 Å². The van der Waals surface area contributed by atoms with Gasteiger partial charge in [-0.1, -0.05) is 32.6 Å². The Morgan fingerprint density at radius 3 is 2.29 bits per heavy atom. The molecule has 0 aromatic carbocycles. The molecule has 0 aliphatic carbocycles. The molecule has 0 heterocycles. The second-order valence-electron chi connectivity index (χ2n) is 3.16.